The van der Waals surface area contributed by atoms with Crippen molar-refractivity contribution >= 4 is 11.4 Å². The minimum absolute atomic E-state index is 0.177. The maximum atomic E-state index is 13.3. The van der Waals surface area contributed by atoms with Gasteiger partial charge < -0.3 is 0 Å². The minimum atomic E-state index is -0.400. The van der Waals surface area contributed by atoms with Gasteiger partial charge in [-0.05, 0) is 54.0 Å². The van der Waals surface area contributed by atoms with Crippen molar-refractivity contribution in [1.29, 1.82) is 0 Å². The summed E-state index contributed by atoms with van der Waals surface area (Å²) in [6, 6.07) is 11.8. The van der Waals surface area contributed by atoms with Gasteiger partial charge in [0.05, 0.1) is 0 Å². The highest BCUT2D eigenvalue weighted by Crippen LogP contribution is 2.24. The predicted molar refractivity (Wildman–Crippen MR) is 70.6 cm³/mol. The number of carbonyl (C=O) groups excluding carboxylic acids is 1. The van der Waals surface area contributed by atoms with Crippen molar-refractivity contribution in [2.75, 3.05) is 0 Å². The molecule has 2 aromatic rings. The normalized spacial score (nSPS) is 10.1. The molecular formula is C16H12F2O. The molecule has 0 spiro atoms. The van der Waals surface area contributed by atoms with E-state index in [4.69, 9.17) is 0 Å². The highest BCUT2D eigenvalue weighted by molar-refractivity contribution is 5.99. The lowest BCUT2D eigenvalue weighted by molar-refractivity contribution is -0.112. The Morgan fingerprint density at radius 1 is 0.947 bits per heavy atom. The number of hydrogen-bond donors (Lipinski definition) is 0. The molecule has 0 aromatic heterocycles. The summed E-state index contributed by atoms with van der Waals surface area (Å²) in [4.78, 5) is 11.3. The van der Waals surface area contributed by atoms with Crippen molar-refractivity contribution in [1.82, 2.24) is 0 Å². The van der Waals surface area contributed by atoms with E-state index < -0.39 is 11.6 Å². The number of rotatable bonds is 3. The van der Waals surface area contributed by atoms with Gasteiger partial charge in [-0.2, -0.15) is 0 Å². The van der Waals surface area contributed by atoms with E-state index in [0.717, 1.165) is 0 Å². The monoisotopic (exact) mass is 258 g/mol. The molecule has 0 saturated carbocycles. The molecular weight excluding hydrogens is 246 g/mol. The van der Waals surface area contributed by atoms with Gasteiger partial charge in [-0.15, -0.1) is 0 Å². The van der Waals surface area contributed by atoms with E-state index in [1.165, 1.54) is 37.3 Å². The lowest BCUT2D eigenvalue weighted by Gasteiger charge is -2.08. The number of halogens is 2. The van der Waals surface area contributed by atoms with Crippen LogP contribution in [-0.4, -0.2) is 5.78 Å². The van der Waals surface area contributed by atoms with Crippen LogP contribution in [0.25, 0.3) is 5.57 Å². The molecule has 1 nitrogen and oxygen atoms in total. The third-order valence-electron chi connectivity index (χ3n) is 2.62. The molecule has 0 atom stereocenters. The lowest BCUT2D eigenvalue weighted by Crippen LogP contribution is -1.94. The van der Waals surface area contributed by atoms with Crippen LogP contribution in [0.3, 0.4) is 0 Å². The number of allylic oxidation sites excluding steroid dienone is 1. The first-order valence-electron chi connectivity index (χ1n) is 5.80. The second-order valence-electron chi connectivity index (χ2n) is 4.19. The molecule has 0 N–H and O–H groups in total. The van der Waals surface area contributed by atoms with Crippen molar-refractivity contribution in [3.05, 3.63) is 77.4 Å². The fraction of sp³-hybridized carbons (Fsp3) is 0.0625. The van der Waals surface area contributed by atoms with Crippen LogP contribution in [0.2, 0.25) is 0 Å². The number of carbonyl (C=O) groups is 1. The number of hydrogen-bond acceptors (Lipinski definition) is 1. The van der Waals surface area contributed by atoms with Gasteiger partial charge >= 0.3 is 0 Å². The van der Waals surface area contributed by atoms with Gasteiger partial charge in [0.1, 0.15) is 11.6 Å². The van der Waals surface area contributed by atoms with E-state index >= 15 is 0 Å². The van der Waals surface area contributed by atoms with E-state index in [0.29, 0.717) is 16.7 Å². The van der Waals surface area contributed by atoms with Gasteiger partial charge in [0.2, 0.25) is 0 Å². The number of ketones is 1. The third kappa shape index (κ3) is 3.35. The molecule has 0 saturated heterocycles. The van der Waals surface area contributed by atoms with Crippen molar-refractivity contribution < 1.29 is 13.6 Å². The summed E-state index contributed by atoms with van der Waals surface area (Å²) in [6.07, 6.45) is 1.38. The lowest BCUT2D eigenvalue weighted by atomic mass is 9.96. The first-order chi connectivity index (χ1) is 9.06. The third-order valence-corrected chi connectivity index (χ3v) is 2.62. The van der Waals surface area contributed by atoms with E-state index in [1.54, 1.807) is 24.3 Å². The average molecular weight is 258 g/mol. The van der Waals surface area contributed by atoms with Gasteiger partial charge in [0, 0.05) is 0 Å². The van der Waals surface area contributed by atoms with Crippen molar-refractivity contribution in [3.8, 4) is 0 Å². The largest absolute Gasteiger partial charge is 0.295 e. The van der Waals surface area contributed by atoms with Crippen LogP contribution in [0.1, 0.15) is 18.1 Å². The van der Waals surface area contributed by atoms with Gasteiger partial charge in [-0.25, -0.2) is 8.78 Å². The van der Waals surface area contributed by atoms with Crippen LogP contribution < -0.4 is 0 Å². The minimum Gasteiger partial charge on any atom is -0.295 e. The van der Waals surface area contributed by atoms with Gasteiger partial charge in [0.25, 0.3) is 0 Å². The Hall–Kier alpha value is -2.29. The van der Waals surface area contributed by atoms with Crippen LogP contribution in [0.4, 0.5) is 8.78 Å². The summed E-state index contributed by atoms with van der Waals surface area (Å²) in [5.74, 6) is -0.977. The second kappa shape index (κ2) is 5.57. The predicted octanol–water partition coefficient (Wildman–Crippen LogP) is 3.99. The quantitative estimate of drug-likeness (QED) is 0.761. The zero-order chi connectivity index (χ0) is 13.8. The highest BCUT2D eigenvalue weighted by atomic mass is 19.1. The molecule has 0 bridgehead atoms. The SMILES string of the molecule is CC(=O)C=C(c1cccc(F)c1)c1cccc(F)c1. The summed E-state index contributed by atoms with van der Waals surface area (Å²) in [7, 11) is 0. The summed E-state index contributed by atoms with van der Waals surface area (Å²) in [5, 5.41) is 0. The standard InChI is InChI=1S/C16H12F2O/c1-11(19)8-16(12-4-2-6-14(17)9-12)13-5-3-7-15(18)10-13/h2-10H,1H3. The summed E-state index contributed by atoms with van der Waals surface area (Å²) < 4.78 is 26.5. The van der Waals surface area contributed by atoms with Gasteiger partial charge in [-0.1, -0.05) is 24.3 Å². The maximum absolute atomic E-state index is 13.3. The summed E-state index contributed by atoms with van der Waals surface area (Å²) in [6.45, 7) is 1.40. The van der Waals surface area contributed by atoms with Crippen LogP contribution in [-0.2, 0) is 4.79 Å². The van der Waals surface area contributed by atoms with Crippen LogP contribution in [0, 0.1) is 11.6 Å². The average Bonchev–Trinajstić information content (AvgIpc) is 2.35. The molecule has 3 heteroatoms. The van der Waals surface area contributed by atoms with Crippen LogP contribution in [0.5, 0.6) is 0 Å². The van der Waals surface area contributed by atoms with Crippen molar-refractivity contribution in [2.24, 2.45) is 0 Å². The zero-order valence-electron chi connectivity index (χ0n) is 10.4. The molecule has 0 heterocycles. The summed E-state index contributed by atoms with van der Waals surface area (Å²) >= 11 is 0. The molecule has 96 valence electrons. The molecule has 2 rings (SSSR count). The van der Waals surface area contributed by atoms with Crippen LogP contribution in [0.15, 0.2) is 54.6 Å². The van der Waals surface area contributed by atoms with Gasteiger partial charge in [-0.3, -0.25) is 4.79 Å². The fourth-order valence-electron chi connectivity index (χ4n) is 1.85. The van der Waals surface area contributed by atoms with Gasteiger partial charge in [0.15, 0.2) is 5.78 Å². The molecule has 19 heavy (non-hydrogen) atoms. The Kier molecular flexibility index (Phi) is 3.85. The topological polar surface area (TPSA) is 17.1 Å². The van der Waals surface area contributed by atoms with E-state index in [9.17, 15) is 13.6 Å². The molecule has 0 unspecified atom stereocenters. The first-order valence-corrected chi connectivity index (χ1v) is 5.80. The molecule has 0 aliphatic heterocycles. The maximum Gasteiger partial charge on any atom is 0.153 e. The Balaban J connectivity index is 2.57. The Morgan fingerprint density at radius 3 is 1.79 bits per heavy atom. The Labute approximate surface area is 110 Å². The van der Waals surface area contributed by atoms with E-state index in [-0.39, 0.29) is 5.78 Å². The molecule has 0 aliphatic carbocycles. The fourth-order valence-corrected chi connectivity index (χ4v) is 1.85. The van der Waals surface area contributed by atoms with Crippen LogP contribution >= 0.6 is 0 Å². The zero-order valence-corrected chi connectivity index (χ0v) is 10.4. The molecule has 0 aliphatic rings. The Bertz CT molecular complexity index is 597. The molecule has 2 aromatic carbocycles. The molecule has 0 amide bonds. The smallest absolute Gasteiger partial charge is 0.153 e. The van der Waals surface area contributed by atoms with Crippen molar-refractivity contribution in [3.63, 3.8) is 0 Å². The molecule has 0 fully saturated rings. The second-order valence-corrected chi connectivity index (χ2v) is 4.19. The summed E-state index contributed by atoms with van der Waals surface area (Å²) in [5.41, 5.74) is 1.59. The number of benzene rings is 2. The first kappa shape index (κ1) is 13.1. The Morgan fingerprint density at radius 2 is 1.42 bits per heavy atom. The highest BCUT2D eigenvalue weighted by Gasteiger charge is 2.08. The van der Waals surface area contributed by atoms with Crippen molar-refractivity contribution in [2.45, 2.75) is 6.92 Å². The van der Waals surface area contributed by atoms with E-state index in [1.807, 2.05) is 0 Å². The van der Waals surface area contributed by atoms with E-state index in [2.05, 4.69) is 0 Å². The molecule has 0 radical (unpaired) electrons.